The topological polar surface area (TPSA) is 56.8 Å². The van der Waals surface area contributed by atoms with Crippen molar-refractivity contribution >= 4 is 6.02 Å². The number of benzene rings is 1. The van der Waals surface area contributed by atoms with Crippen molar-refractivity contribution < 1.29 is 22.6 Å². The van der Waals surface area contributed by atoms with Crippen LogP contribution < -0.4 is 5.73 Å². The first-order chi connectivity index (χ1) is 9.55. The fourth-order valence-corrected chi connectivity index (χ4v) is 2.88. The van der Waals surface area contributed by atoms with Gasteiger partial charge in [0, 0.05) is 5.56 Å². The second-order valence-electron chi connectivity index (χ2n) is 4.86. The number of rotatable bonds is 2. The number of hydrogen-bond donors (Lipinski definition) is 1. The van der Waals surface area contributed by atoms with E-state index in [4.69, 9.17) is 15.2 Å². The Bertz CT molecular complexity index is 552. The van der Waals surface area contributed by atoms with Gasteiger partial charge in [0.1, 0.15) is 11.9 Å². The zero-order chi connectivity index (χ0) is 14.3. The Labute approximate surface area is 113 Å². The Morgan fingerprint density at radius 3 is 2.75 bits per heavy atom. The van der Waals surface area contributed by atoms with Crippen molar-refractivity contribution in [3.05, 3.63) is 35.6 Å². The number of halogens is 3. The molecule has 0 amide bonds. The summed E-state index contributed by atoms with van der Waals surface area (Å²) in [5.74, 6) is -1.51. The van der Waals surface area contributed by atoms with Crippen LogP contribution >= 0.6 is 0 Å². The van der Waals surface area contributed by atoms with Gasteiger partial charge in [0.05, 0.1) is 19.1 Å². The highest BCUT2D eigenvalue weighted by molar-refractivity contribution is 5.73. The van der Waals surface area contributed by atoms with E-state index in [2.05, 4.69) is 4.99 Å². The average Bonchev–Trinajstić information content (AvgIpc) is 2.86. The maximum atomic E-state index is 14.0. The lowest BCUT2D eigenvalue weighted by atomic mass is 9.76. The highest BCUT2D eigenvalue weighted by Gasteiger charge is 2.58. The number of ether oxygens (including phenoxy) is 2. The number of nitrogens with zero attached hydrogens (tertiary/aromatic N) is 1. The van der Waals surface area contributed by atoms with Crippen LogP contribution in [-0.4, -0.2) is 31.8 Å². The van der Waals surface area contributed by atoms with Crippen molar-refractivity contribution in [3.63, 3.8) is 0 Å². The first-order valence-electron chi connectivity index (χ1n) is 6.18. The second kappa shape index (κ2) is 4.66. The molecular weight excluding hydrogens is 273 g/mol. The predicted octanol–water partition coefficient (Wildman–Crippen LogP) is 1.65. The standard InChI is InChI=1S/C13H13F3N2O2/c14-9-4-2-1-3-7(9)13(11(15)16)8-5-19-6-10(8)20-12(17)18-13/h1-4,8,10-11H,5-6H2,(H2,17,18)/t8-,10+,13+/m0/s1. The number of aliphatic imine (C=N–C) groups is 1. The van der Waals surface area contributed by atoms with E-state index in [0.717, 1.165) is 6.07 Å². The molecule has 0 spiro atoms. The number of amidine groups is 1. The summed E-state index contributed by atoms with van der Waals surface area (Å²) in [6.07, 6.45) is -3.56. The Morgan fingerprint density at radius 1 is 1.30 bits per heavy atom. The van der Waals surface area contributed by atoms with Gasteiger partial charge in [0.2, 0.25) is 0 Å². The number of fused-ring (bicyclic) bond motifs is 1. The normalized spacial score (nSPS) is 32.7. The highest BCUT2D eigenvalue weighted by Crippen LogP contribution is 2.47. The molecule has 1 saturated heterocycles. The molecule has 3 rings (SSSR count). The van der Waals surface area contributed by atoms with E-state index in [1.165, 1.54) is 18.2 Å². The first-order valence-corrected chi connectivity index (χ1v) is 6.18. The monoisotopic (exact) mass is 286 g/mol. The molecule has 0 aliphatic carbocycles. The third-order valence-corrected chi connectivity index (χ3v) is 3.80. The van der Waals surface area contributed by atoms with Gasteiger partial charge in [-0.25, -0.2) is 18.2 Å². The summed E-state index contributed by atoms with van der Waals surface area (Å²) >= 11 is 0. The van der Waals surface area contributed by atoms with Crippen molar-refractivity contribution in [2.45, 2.75) is 18.1 Å². The molecule has 4 nitrogen and oxygen atoms in total. The number of alkyl halides is 2. The third-order valence-electron chi connectivity index (χ3n) is 3.80. The molecule has 108 valence electrons. The molecule has 1 aromatic rings. The van der Waals surface area contributed by atoms with Crippen LogP contribution in [-0.2, 0) is 15.0 Å². The molecule has 0 saturated carbocycles. The Balaban J connectivity index is 2.21. The molecule has 2 aliphatic heterocycles. The minimum absolute atomic E-state index is 0.0279. The van der Waals surface area contributed by atoms with Crippen LogP contribution in [0.1, 0.15) is 5.56 Å². The minimum Gasteiger partial charge on any atom is -0.459 e. The number of nitrogens with two attached hydrogens (primary N) is 1. The Kier molecular flexibility index (Phi) is 3.08. The van der Waals surface area contributed by atoms with Crippen LogP contribution in [0.15, 0.2) is 29.3 Å². The van der Waals surface area contributed by atoms with Gasteiger partial charge >= 0.3 is 0 Å². The van der Waals surface area contributed by atoms with Gasteiger partial charge < -0.3 is 15.2 Å². The van der Waals surface area contributed by atoms with Crippen molar-refractivity contribution in [1.29, 1.82) is 0 Å². The van der Waals surface area contributed by atoms with E-state index in [0.29, 0.717) is 0 Å². The lowest BCUT2D eigenvalue weighted by Gasteiger charge is -2.40. The van der Waals surface area contributed by atoms with Gasteiger partial charge in [0.15, 0.2) is 5.54 Å². The summed E-state index contributed by atoms with van der Waals surface area (Å²) in [5, 5.41) is 0. The van der Waals surface area contributed by atoms with Crippen molar-refractivity contribution in [1.82, 2.24) is 0 Å². The van der Waals surface area contributed by atoms with Gasteiger partial charge in [-0.3, -0.25) is 0 Å². The maximum Gasteiger partial charge on any atom is 0.283 e. The van der Waals surface area contributed by atoms with E-state index in [-0.39, 0.29) is 24.8 Å². The fraction of sp³-hybridized carbons (Fsp3) is 0.462. The fourth-order valence-electron chi connectivity index (χ4n) is 2.88. The Morgan fingerprint density at radius 2 is 2.05 bits per heavy atom. The van der Waals surface area contributed by atoms with Crippen LogP contribution in [0, 0.1) is 11.7 Å². The quantitative estimate of drug-likeness (QED) is 0.899. The molecule has 7 heteroatoms. The van der Waals surface area contributed by atoms with Crippen molar-refractivity contribution in [2.75, 3.05) is 13.2 Å². The molecule has 0 radical (unpaired) electrons. The molecule has 2 aliphatic rings. The SMILES string of the molecule is NC1=N[C@@](c2ccccc2F)(C(F)F)[C@H]2COC[C@H]2O1. The molecule has 20 heavy (non-hydrogen) atoms. The summed E-state index contributed by atoms with van der Waals surface area (Å²) in [6.45, 7) is 0.171. The molecule has 0 aromatic heterocycles. The maximum absolute atomic E-state index is 14.0. The zero-order valence-electron chi connectivity index (χ0n) is 10.4. The molecule has 2 N–H and O–H groups in total. The van der Waals surface area contributed by atoms with E-state index in [9.17, 15) is 13.2 Å². The summed E-state index contributed by atoms with van der Waals surface area (Å²) in [6, 6.07) is 5.01. The lowest BCUT2D eigenvalue weighted by molar-refractivity contribution is -0.0306. The molecular formula is C13H13F3N2O2. The van der Waals surface area contributed by atoms with E-state index >= 15 is 0 Å². The highest BCUT2D eigenvalue weighted by atomic mass is 19.3. The molecule has 2 heterocycles. The Hall–Kier alpha value is -1.76. The largest absolute Gasteiger partial charge is 0.459 e. The molecule has 1 aromatic carbocycles. The zero-order valence-corrected chi connectivity index (χ0v) is 10.4. The smallest absolute Gasteiger partial charge is 0.283 e. The second-order valence-corrected chi connectivity index (χ2v) is 4.86. The van der Waals surface area contributed by atoms with Crippen LogP contribution in [0.25, 0.3) is 0 Å². The predicted molar refractivity (Wildman–Crippen MR) is 64.9 cm³/mol. The van der Waals surface area contributed by atoms with Gasteiger partial charge in [-0.15, -0.1) is 0 Å². The molecule has 0 unspecified atom stereocenters. The van der Waals surface area contributed by atoms with Gasteiger partial charge in [0.25, 0.3) is 12.4 Å². The van der Waals surface area contributed by atoms with Crippen molar-refractivity contribution in [2.24, 2.45) is 16.6 Å². The first kappa shape index (κ1) is 13.2. The lowest BCUT2D eigenvalue weighted by Crippen LogP contribution is -2.52. The van der Waals surface area contributed by atoms with Crippen LogP contribution in [0.5, 0.6) is 0 Å². The molecule has 3 atom stereocenters. The summed E-state index contributed by atoms with van der Waals surface area (Å²) in [4.78, 5) is 3.79. The van der Waals surface area contributed by atoms with Crippen molar-refractivity contribution in [3.8, 4) is 0 Å². The summed E-state index contributed by atoms with van der Waals surface area (Å²) in [5.41, 5.74) is 3.27. The van der Waals surface area contributed by atoms with Gasteiger partial charge in [-0.05, 0) is 6.07 Å². The summed E-state index contributed by atoms with van der Waals surface area (Å²) in [7, 11) is 0. The van der Waals surface area contributed by atoms with E-state index < -0.39 is 29.8 Å². The minimum atomic E-state index is -2.92. The van der Waals surface area contributed by atoms with E-state index in [1.54, 1.807) is 0 Å². The van der Waals surface area contributed by atoms with Crippen LogP contribution in [0.4, 0.5) is 13.2 Å². The average molecular weight is 286 g/mol. The van der Waals surface area contributed by atoms with Crippen LogP contribution in [0.3, 0.4) is 0 Å². The summed E-state index contributed by atoms with van der Waals surface area (Å²) < 4.78 is 52.1. The van der Waals surface area contributed by atoms with Crippen LogP contribution in [0.2, 0.25) is 0 Å². The number of hydrogen-bond acceptors (Lipinski definition) is 4. The van der Waals surface area contributed by atoms with Gasteiger partial charge in [-0.2, -0.15) is 0 Å². The van der Waals surface area contributed by atoms with E-state index in [1.807, 2.05) is 0 Å². The van der Waals surface area contributed by atoms with Gasteiger partial charge in [-0.1, -0.05) is 18.2 Å². The molecule has 1 fully saturated rings. The third kappa shape index (κ3) is 1.76. The molecule has 0 bridgehead atoms.